The number of benzene rings is 11. The first kappa shape index (κ1) is 40.2. The number of halogens is 1. The smallest absolute Gasteiger partial charge is 0.0887 e. The van der Waals surface area contributed by atoms with Gasteiger partial charge in [0.2, 0.25) is 0 Å². The van der Waals surface area contributed by atoms with E-state index < -0.39 is 0 Å². The monoisotopic (exact) mass is 882 g/mol. The van der Waals surface area contributed by atoms with Crippen molar-refractivity contribution < 1.29 is 0 Å². The fourth-order valence-corrected chi connectivity index (χ4v) is 12.6. The van der Waals surface area contributed by atoms with Gasteiger partial charge < -0.3 is 9.80 Å². The largest absolute Gasteiger partial charge is 0.309 e. The molecule has 11 aromatic rings. The molecular weight excluding hydrogens is 832 g/mol. The zero-order chi connectivity index (χ0) is 44.8. The van der Waals surface area contributed by atoms with Crippen LogP contribution in [0.4, 0.5) is 34.1 Å². The highest BCUT2D eigenvalue weighted by molar-refractivity contribution is 6.37. The molecular formula is C64H51ClN2. The van der Waals surface area contributed by atoms with Crippen molar-refractivity contribution in [2.24, 2.45) is 0 Å². The fourth-order valence-electron chi connectivity index (χ4n) is 12.3. The van der Waals surface area contributed by atoms with E-state index in [1.54, 1.807) is 0 Å². The summed E-state index contributed by atoms with van der Waals surface area (Å²) in [7, 11) is 0. The molecule has 2 aliphatic carbocycles. The van der Waals surface area contributed by atoms with Gasteiger partial charge in [-0.1, -0.05) is 145 Å². The Hall–Kier alpha value is -7.13. The molecule has 0 unspecified atom stereocenters. The summed E-state index contributed by atoms with van der Waals surface area (Å²) < 4.78 is 0. The van der Waals surface area contributed by atoms with Gasteiger partial charge in [0.1, 0.15) is 0 Å². The van der Waals surface area contributed by atoms with Crippen LogP contribution in [0.1, 0.15) is 59.1 Å². The van der Waals surface area contributed by atoms with E-state index in [0.717, 1.165) is 48.4 Å². The molecule has 11 aromatic carbocycles. The van der Waals surface area contributed by atoms with Crippen molar-refractivity contribution in [3.05, 3.63) is 214 Å². The molecule has 2 aliphatic rings. The maximum absolute atomic E-state index is 8.26. The lowest BCUT2D eigenvalue weighted by Gasteiger charge is -2.34. The topological polar surface area (TPSA) is 6.48 Å². The second-order valence-corrected chi connectivity index (χ2v) is 19.4. The van der Waals surface area contributed by atoms with Gasteiger partial charge in [0.05, 0.1) is 22.1 Å². The van der Waals surface area contributed by atoms with Crippen LogP contribution in [-0.2, 0) is 25.7 Å². The summed E-state index contributed by atoms with van der Waals surface area (Å²) in [5.41, 5.74) is 15.1. The third kappa shape index (κ3) is 6.30. The third-order valence-corrected chi connectivity index (χ3v) is 15.9. The highest BCUT2D eigenvalue weighted by Gasteiger charge is 2.28. The van der Waals surface area contributed by atoms with E-state index >= 15 is 0 Å². The molecule has 0 spiro atoms. The van der Waals surface area contributed by atoms with Crippen molar-refractivity contribution >= 4 is 110 Å². The molecule has 0 heterocycles. The molecule has 0 radical (unpaired) electrons. The Morgan fingerprint density at radius 3 is 1.25 bits per heavy atom. The van der Waals surface area contributed by atoms with Crippen LogP contribution in [0.3, 0.4) is 0 Å². The first-order chi connectivity index (χ1) is 33.0. The Morgan fingerprint density at radius 2 is 0.716 bits per heavy atom. The lowest BCUT2D eigenvalue weighted by molar-refractivity contribution is 0.682. The maximum Gasteiger partial charge on any atom is 0.0887 e. The molecule has 0 fully saturated rings. The summed E-state index contributed by atoms with van der Waals surface area (Å²) in [6, 6.07) is 65.7. The molecule has 0 atom stereocenters. The zero-order valence-electron chi connectivity index (χ0n) is 38.2. The van der Waals surface area contributed by atoms with E-state index in [4.69, 9.17) is 11.6 Å². The highest BCUT2D eigenvalue weighted by Crippen LogP contribution is 2.52. The summed E-state index contributed by atoms with van der Waals surface area (Å²) in [6.07, 6.45) is 9.36. The van der Waals surface area contributed by atoms with Crippen LogP contribution in [0.2, 0.25) is 5.02 Å². The Bertz CT molecular complexity index is 3750. The summed E-state index contributed by atoms with van der Waals surface area (Å²) in [4.78, 5) is 4.96. The lowest BCUT2D eigenvalue weighted by Crippen LogP contribution is -2.18. The van der Waals surface area contributed by atoms with E-state index in [-0.39, 0.29) is 0 Å². The molecule has 67 heavy (non-hydrogen) atoms. The zero-order valence-corrected chi connectivity index (χ0v) is 38.9. The molecule has 0 bridgehead atoms. The van der Waals surface area contributed by atoms with E-state index in [0.29, 0.717) is 5.02 Å². The minimum Gasteiger partial charge on any atom is -0.309 e. The first-order valence-corrected chi connectivity index (χ1v) is 24.7. The van der Waals surface area contributed by atoms with Crippen molar-refractivity contribution in [3.63, 3.8) is 0 Å². The van der Waals surface area contributed by atoms with Crippen molar-refractivity contribution in [2.75, 3.05) is 9.80 Å². The van der Waals surface area contributed by atoms with E-state index in [2.05, 4.69) is 200 Å². The quantitative estimate of drug-likeness (QED) is 0.154. The Morgan fingerprint density at radius 1 is 0.328 bits per heavy atom. The van der Waals surface area contributed by atoms with E-state index in [9.17, 15) is 0 Å². The van der Waals surface area contributed by atoms with Gasteiger partial charge >= 0.3 is 0 Å². The number of nitrogens with zero attached hydrogens (tertiary/aromatic N) is 2. The molecule has 0 aliphatic heterocycles. The van der Waals surface area contributed by atoms with Gasteiger partial charge in [-0.2, -0.15) is 0 Å². The average Bonchev–Trinajstić information content (AvgIpc) is 3.39. The van der Waals surface area contributed by atoms with Crippen molar-refractivity contribution in [2.45, 2.75) is 65.2 Å². The van der Waals surface area contributed by atoms with Crippen molar-refractivity contribution in [3.8, 4) is 0 Å². The van der Waals surface area contributed by atoms with Crippen LogP contribution in [0.25, 0.3) is 64.6 Å². The second-order valence-electron chi connectivity index (χ2n) is 19.0. The van der Waals surface area contributed by atoms with Crippen LogP contribution >= 0.6 is 11.6 Å². The first-order valence-electron chi connectivity index (χ1n) is 24.3. The van der Waals surface area contributed by atoms with E-state index in [1.165, 1.54) is 135 Å². The summed E-state index contributed by atoms with van der Waals surface area (Å²) in [5.74, 6) is 0. The van der Waals surface area contributed by atoms with Crippen molar-refractivity contribution in [1.29, 1.82) is 0 Å². The van der Waals surface area contributed by atoms with Crippen molar-refractivity contribution in [1.82, 2.24) is 0 Å². The van der Waals surface area contributed by atoms with Gasteiger partial charge in [0.25, 0.3) is 0 Å². The normalized spacial score (nSPS) is 13.7. The van der Waals surface area contributed by atoms with Crippen LogP contribution in [0.15, 0.2) is 176 Å². The van der Waals surface area contributed by atoms with E-state index in [1.807, 2.05) is 0 Å². The molecule has 0 aromatic heterocycles. The maximum atomic E-state index is 8.26. The number of anilines is 6. The molecule has 0 saturated heterocycles. The summed E-state index contributed by atoms with van der Waals surface area (Å²) in [6.45, 7) is 4.68. The van der Waals surface area contributed by atoms with Gasteiger partial charge in [0, 0.05) is 22.4 Å². The minimum absolute atomic E-state index is 0.710. The summed E-state index contributed by atoms with van der Waals surface area (Å²) in [5, 5.41) is 15.8. The number of hydrogen-bond acceptors (Lipinski definition) is 2. The van der Waals surface area contributed by atoms with Crippen LogP contribution in [0.5, 0.6) is 0 Å². The third-order valence-electron chi connectivity index (χ3n) is 15.5. The molecule has 324 valence electrons. The van der Waals surface area contributed by atoms with Crippen LogP contribution in [0, 0.1) is 13.8 Å². The van der Waals surface area contributed by atoms with Gasteiger partial charge in [-0.05, 0) is 200 Å². The molecule has 0 N–H and O–H groups in total. The molecule has 13 rings (SSSR count). The molecule has 2 nitrogen and oxygen atoms in total. The number of rotatable bonds is 6. The van der Waals surface area contributed by atoms with Gasteiger partial charge in [-0.25, -0.2) is 0 Å². The SMILES string of the molecule is Cc1c(N(c2ccc3c4ccccc4c4ccccc4c3c2)c2cccc(N(c3ccc4c(c3C)CCCC4)c3cccc4c5ccccc5c5ccccc5c34)c2Cl)ccc2c1CCCC2. The average molecular weight is 884 g/mol. The lowest BCUT2D eigenvalue weighted by atomic mass is 9.87. The number of hydrogen-bond donors (Lipinski definition) is 0. The van der Waals surface area contributed by atoms with Crippen LogP contribution < -0.4 is 9.80 Å². The van der Waals surface area contributed by atoms with Gasteiger partial charge in [-0.3, -0.25) is 0 Å². The Kier molecular flexibility index (Phi) is 9.62. The summed E-state index contributed by atoms with van der Waals surface area (Å²) >= 11 is 8.26. The Balaban J connectivity index is 1.10. The fraction of sp³-hybridized carbons (Fsp3) is 0.156. The highest BCUT2D eigenvalue weighted by atomic mass is 35.5. The Labute approximate surface area is 397 Å². The van der Waals surface area contributed by atoms with Gasteiger partial charge in [0.15, 0.2) is 0 Å². The van der Waals surface area contributed by atoms with Gasteiger partial charge in [-0.15, -0.1) is 0 Å². The predicted molar refractivity (Wildman–Crippen MR) is 289 cm³/mol. The predicted octanol–water partition coefficient (Wildman–Crippen LogP) is 18.6. The minimum atomic E-state index is 0.710. The molecule has 3 heteroatoms. The second kappa shape index (κ2) is 16.0. The molecule has 0 amide bonds. The molecule has 0 saturated carbocycles. The standard InChI is InChI=1S/C64H51ClN2/c1-40-45-19-5-3-17-42(45)33-37-58(40)66(44-35-36-54-49-23-8-7-21-47(49)48-22-10-12-27-53(48)57(54)39-44)61-31-16-32-62(64(61)65)67(59-38-34-43-18-4-6-20-46(43)41(59)2)60-30-15-29-56-52-25-11-9-24-50(52)51-26-13-14-28-55(51)63(56)60/h7-16,21-39H,3-6,17-20H2,1-2H3. The number of aryl methyl sites for hydroxylation is 2. The van der Waals surface area contributed by atoms with Crippen LogP contribution in [-0.4, -0.2) is 0 Å². The number of fused-ring (bicyclic) bond motifs is 14.